The zero-order valence-electron chi connectivity index (χ0n) is 12.9. The number of hydrogen-bond donors (Lipinski definition) is 1. The molecule has 0 bridgehead atoms. The lowest BCUT2D eigenvalue weighted by molar-refractivity contribution is 0.0948. The summed E-state index contributed by atoms with van der Waals surface area (Å²) in [6.45, 7) is 6.68. The van der Waals surface area contributed by atoms with Gasteiger partial charge in [0.15, 0.2) is 0 Å². The number of aromatic nitrogens is 2. The third-order valence-corrected chi connectivity index (χ3v) is 3.24. The summed E-state index contributed by atoms with van der Waals surface area (Å²) >= 11 is 0. The van der Waals surface area contributed by atoms with Gasteiger partial charge in [-0.15, -0.1) is 0 Å². The quantitative estimate of drug-likeness (QED) is 0.919. The topological polar surface area (TPSA) is 56.2 Å². The van der Waals surface area contributed by atoms with Crippen molar-refractivity contribution in [2.75, 3.05) is 13.7 Å². The maximum absolute atomic E-state index is 12.1. The highest BCUT2D eigenvalue weighted by Gasteiger charge is 2.15. The largest absolute Gasteiger partial charge is 0.497 e. The van der Waals surface area contributed by atoms with E-state index in [4.69, 9.17) is 4.74 Å². The van der Waals surface area contributed by atoms with Crippen molar-refractivity contribution in [3.8, 4) is 11.4 Å². The molecule has 0 spiro atoms. The van der Waals surface area contributed by atoms with Crippen molar-refractivity contribution in [1.29, 1.82) is 0 Å². The van der Waals surface area contributed by atoms with Crippen LogP contribution in [0.15, 0.2) is 30.5 Å². The second kappa shape index (κ2) is 6.43. The normalized spacial score (nSPS) is 10.7. The lowest BCUT2D eigenvalue weighted by Gasteiger charge is -2.08. The number of carbonyl (C=O) groups excluding carboxylic acids is 1. The maximum atomic E-state index is 12.1. The van der Waals surface area contributed by atoms with Gasteiger partial charge in [0.1, 0.15) is 5.75 Å². The van der Waals surface area contributed by atoms with E-state index in [0.29, 0.717) is 18.0 Å². The monoisotopic (exact) mass is 287 g/mol. The molecule has 21 heavy (non-hydrogen) atoms. The summed E-state index contributed by atoms with van der Waals surface area (Å²) in [6.07, 6.45) is 1.61. The SMILES string of the molecule is COc1ccc(-n2ncc(C(=O)NCC(C)C)c2C)cc1. The molecular weight excluding hydrogens is 266 g/mol. The lowest BCUT2D eigenvalue weighted by Crippen LogP contribution is -2.27. The fraction of sp³-hybridized carbons (Fsp3) is 0.375. The first-order chi connectivity index (χ1) is 10.0. The molecule has 0 unspecified atom stereocenters. The van der Waals surface area contributed by atoms with Gasteiger partial charge in [0.05, 0.1) is 30.3 Å². The summed E-state index contributed by atoms with van der Waals surface area (Å²) in [7, 11) is 1.63. The number of benzene rings is 1. The van der Waals surface area contributed by atoms with Gasteiger partial charge in [-0.25, -0.2) is 4.68 Å². The summed E-state index contributed by atoms with van der Waals surface area (Å²) in [5.74, 6) is 1.13. The van der Waals surface area contributed by atoms with Gasteiger partial charge in [-0.05, 0) is 37.1 Å². The molecular formula is C16H21N3O2. The highest BCUT2D eigenvalue weighted by atomic mass is 16.5. The molecule has 2 aromatic rings. The first-order valence-corrected chi connectivity index (χ1v) is 7.00. The van der Waals surface area contributed by atoms with Gasteiger partial charge >= 0.3 is 0 Å². The first kappa shape index (κ1) is 15.1. The van der Waals surface area contributed by atoms with Gasteiger partial charge in [-0.2, -0.15) is 5.10 Å². The molecule has 112 valence electrons. The lowest BCUT2D eigenvalue weighted by atomic mass is 10.2. The molecule has 1 aromatic heterocycles. The number of nitrogens with one attached hydrogen (secondary N) is 1. The van der Waals surface area contributed by atoms with E-state index in [1.54, 1.807) is 18.0 Å². The number of nitrogens with zero attached hydrogens (tertiary/aromatic N) is 2. The molecule has 2 rings (SSSR count). The van der Waals surface area contributed by atoms with Gasteiger partial charge in [0, 0.05) is 6.54 Å². The van der Waals surface area contributed by atoms with E-state index in [-0.39, 0.29) is 5.91 Å². The second-order valence-electron chi connectivity index (χ2n) is 5.36. The Morgan fingerprint density at radius 3 is 2.57 bits per heavy atom. The van der Waals surface area contributed by atoms with Crippen LogP contribution in [-0.4, -0.2) is 29.3 Å². The van der Waals surface area contributed by atoms with Gasteiger partial charge in [-0.3, -0.25) is 4.79 Å². The fourth-order valence-electron chi connectivity index (χ4n) is 2.01. The van der Waals surface area contributed by atoms with E-state index < -0.39 is 0 Å². The third kappa shape index (κ3) is 3.42. The van der Waals surface area contributed by atoms with E-state index in [0.717, 1.165) is 17.1 Å². The summed E-state index contributed by atoms with van der Waals surface area (Å²) < 4.78 is 6.89. The minimum Gasteiger partial charge on any atom is -0.497 e. The minimum absolute atomic E-state index is 0.0824. The second-order valence-corrected chi connectivity index (χ2v) is 5.36. The summed E-state index contributed by atoms with van der Waals surface area (Å²) in [4.78, 5) is 12.1. The highest BCUT2D eigenvalue weighted by molar-refractivity contribution is 5.95. The zero-order chi connectivity index (χ0) is 15.4. The Bertz CT molecular complexity index is 615. The van der Waals surface area contributed by atoms with Crippen molar-refractivity contribution < 1.29 is 9.53 Å². The maximum Gasteiger partial charge on any atom is 0.254 e. The number of rotatable bonds is 5. The van der Waals surface area contributed by atoms with Crippen LogP contribution < -0.4 is 10.1 Å². The predicted molar refractivity (Wildman–Crippen MR) is 82.0 cm³/mol. The van der Waals surface area contributed by atoms with Crippen molar-refractivity contribution in [1.82, 2.24) is 15.1 Å². The Hall–Kier alpha value is -2.30. The van der Waals surface area contributed by atoms with Crippen LogP contribution >= 0.6 is 0 Å². The number of methoxy groups -OCH3 is 1. The summed E-state index contributed by atoms with van der Waals surface area (Å²) in [5, 5.41) is 7.21. The molecule has 0 fully saturated rings. The molecule has 0 aliphatic rings. The number of amides is 1. The third-order valence-electron chi connectivity index (χ3n) is 3.24. The van der Waals surface area contributed by atoms with Crippen LogP contribution in [0.2, 0.25) is 0 Å². The van der Waals surface area contributed by atoms with E-state index >= 15 is 0 Å². The molecule has 1 aromatic carbocycles. The standard InChI is InChI=1S/C16H21N3O2/c1-11(2)9-17-16(20)15-10-18-19(12(15)3)13-5-7-14(21-4)8-6-13/h5-8,10-11H,9H2,1-4H3,(H,17,20). The van der Waals surface area contributed by atoms with Gasteiger partial charge in [-0.1, -0.05) is 13.8 Å². The Balaban J connectivity index is 2.21. The smallest absolute Gasteiger partial charge is 0.254 e. The van der Waals surface area contributed by atoms with E-state index in [9.17, 15) is 4.79 Å². The Morgan fingerprint density at radius 2 is 2.00 bits per heavy atom. The molecule has 0 atom stereocenters. The summed E-state index contributed by atoms with van der Waals surface area (Å²) in [5.41, 5.74) is 2.32. The number of hydrogen-bond acceptors (Lipinski definition) is 3. The molecule has 0 saturated carbocycles. The van der Waals surface area contributed by atoms with Gasteiger partial charge < -0.3 is 10.1 Å². The van der Waals surface area contributed by atoms with Crippen LogP contribution in [0.4, 0.5) is 0 Å². The average Bonchev–Trinajstić information content (AvgIpc) is 2.86. The van der Waals surface area contributed by atoms with E-state index in [1.807, 2.05) is 31.2 Å². The number of carbonyl (C=O) groups is 1. The minimum atomic E-state index is -0.0824. The van der Waals surface area contributed by atoms with Crippen LogP contribution in [0.1, 0.15) is 29.9 Å². The molecule has 0 aliphatic carbocycles. The molecule has 0 saturated heterocycles. The van der Waals surface area contributed by atoms with Crippen molar-refractivity contribution in [3.63, 3.8) is 0 Å². The van der Waals surface area contributed by atoms with E-state index in [1.165, 1.54) is 0 Å². The molecule has 1 amide bonds. The molecule has 5 nitrogen and oxygen atoms in total. The van der Waals surface area contributed by atoms with Crippen LogP contribution in [0.5, 0.6) is 5.75 Å². The van der Waals surface area contributed by atoms with Crippen LogP contribution in [-0.2, 0) is 0 Å². The Morgan fingerprint density at radius 1 is 1.33 bits per heavy atom. The molecule has 0 radical (unpaired) electrons. The van der Waals surface area contributed by atoms with E-state index in [2.05, 4.69) is 24.3 Å². The molecule has 0 aliphatic heterocycles. The van der Waals surface area contributed by atoms with Crippen molar-refractivity contribution >= 4 is 5.91 Å². The van der Waals surface area contributed by atoms with Crippen LogP contribution in [0.3, 0.4) is 0 Å². The highest BCUT2D eigenvalue weighted by Crippen LogP contribution is 2.17. The van der Waals surface area contributed by atoms with Crippen molar-refractivity contribution in [2.45, 2.75) is 20.8 Å². The molecule has 1 N–H and O–H groups in total. The first-order valence-electron chi connectivity index (χ1n) is 7.00. The Kier molecular flexibility index (Phi) is 4.62. The van der Waals surface area contributed by atoms with Crippen LogP contribution in [0, 0.1) is 12.8 Å². The van der Waals surface area contributed by atoms with Crippen molar-refractivity contribution in [2.24, 2.45) is 5.92 Å². The number of ether oxygens (including phenoxy) is 1. The predicted octanol–water partition coefficient (Wildman–Crippen LogP) is 2.58. The van der Waals surface area contributed by atoms with Gasteiger partial charge in [0.25, 0.3) is 5.91 Å². The Labute approximate surface area is 124 Å². The van der Waals surface area contributed by atoms with Crippen molar-refractivity contribution in [3.05, 3.63) is 41.7 Å². The fourth-order valence-corrected chi connectivity index (χ4v) is 2.01. The zero-order valence-corrected chi connectivity index (χ0v) is 12.9. The molecule has 1 heterocycles. The van der Waals surface area contributed by atoms with Gasteiger partial charge in [0.2, 0.25) is 0 Å². The molecule has 5 heteroatoms. The van der Waals surface area contributed by atoms with Crippen LogP contribution in [0.25, 0.3) is 5.69 Å². The average molecular weight is 287 g/mol. The summed E-state index contributed by atoms with van der Waals surface area (Å²) in [6, 6.07) is 7.56.